The molecule has 32 heavy (non-hydrogen) atoms. The summed E-state index contributed by atoms with van der Waals surface area (Å²) < 4.78 is 20.4. The number of aryl methyl sites for hydroxylation is 2. The zero-order valence-corrected chi connectivity index (χ0v) is 18.2. The zero-order chi connectivity index (χ0) is 22.2. The summed E-state index contributed by atoms with van der Waals surface area (Å²) in [6, 6.07) is 8.68. The van der Waals surface area contributed by atoms with Gasteiger partial charge in [0.1, 0.15) is 12.8 Å². The predicted octanol–water partition coefficient (Wildman–Crippen LogP) is 3.69. The molecule has 0 radical (unpaired) electrons. The molecule has 3 aromatic rings. The van der Waals surface area contributed by atoms with E-state index in [-0.39, 0.29) is 24.0 Å². The quantitative estimate of drug-likeness (QED) is 0.611. The molecule has 4 unspecified atom stereocenters. The van der Waals surface area contributed by atoms with Crippen molar-refractivity contribution in [2.45, 2.75) is 51.3 Å². The first-order chi connectivity index (χ1) is 15.5. The molecule has 8 heteroatoms. The highest BCUT2D eigenvalue weighted by Gasteiger charge is 2.50. The third-order valence-corrected chi connectivity index (χ3v) is 6.62. The third-order valence-electron chi connectivity index (χ3n) is 6.62. The molecule has 6 rings (SSSR count). The number of rotatable bonds is 5. The van der Waals surface area contributed by atoms with Crippen LogP contribution in [0.15, 0.2) is 48.9 Å². The van der Waals surface area contributed by atoms with Gasteiger partial charge in [-0.15, -0.1) is 0 Å². The fraction of sp³-hybridized carbons (Fsp3) is 0.417. The Morgan fingerprint density at radius 2 is 1.91 bits per heavy atom. The highest BCUT2D eigenvalue weighted by molar-refractivity contribution is 5.98. The Hall–Kier alpha value is -3.29. The number of benzene rings is 1. The molecule has 3 fully saturated rings. The highest BCUT2D eigenvalue weighted by atomic mass is 19.1. The number of nitrogens with zero attached hydrogens (tertiary/aromatic N) is 5. The van der Waals surface area contributed by atoms with Crippen molar-refractivity contribution in [3.05, 3.63) is 65.6 Å². The minimum Gasteiger partial charge on any atom is -0.472 e. The number of pyridine rings is 1. The van der Waals surface area contributed by atoms with Gasteiger partial charge in [0, 0.05) is 12.3 Å². The van der Waals surface area contributed by atoms with Gasteiger partial charge in [-0.1, -0.05) is 12.1 Å². The SMILES string of the molecule is Cc1ccc(OC2CC3CCC2N(C(=O)c2ccc(C)cc2-n2nccn2)C3CF)nc1. The number of amides is 1. The van der Waals surface area contributed by atoms with Crippen LogP contribution in [0.2, 0.25) is 0 Å². The number of carbonyl (C=O) groups excluding carboxylic acids is 1. The van der Waals surface area contributed by atoms with Crippen LogP contribution in [0.1, 0.15) is 40.7 Å². The van der Waals surface area contributed by atoms with E-state index in [2.05, 4.69) is 15.2 Å². The Morgan fingerprint density at radius 3 is 2.62 bits per heavy atom. The predicted molar refractivity (Wildman–Crippen MR) is 117 cm³/mol. The van der Waals surface area contributed by atoms with Gasteiger partial charge >= 0.3 is 0 Å². The second-order valence-corrected chi connectivity index (χ2v) is 8.74. The van der Waals surface area contributed by atoms with Gasteiger partial charge in [-0.05, 0) is 62.3 Å². The normalized spacial score (nSPS) is 24.5. The van der Waals surface area contributed by atoms with E-state index < -0.39 is 12.7 Å². The fourth-order valence-corrected chi connectivity index (χ4v) is 5.06. The molecule has 4 heterocycles. The molecule has 2 aliphatic heterocycles. The van der Waals surface area contributed by atoms with Crippen molar-refractivity contribution in [2.75, 3.05) is 6.67 Å². The number of alkyl halides is 1. The molecule has 1 amide bonds. The van der Waals surface area contributed by atoms with Crippen LogP contribution in [0, 0.1) is 19.8 Å². The molecule has 166 valence electrons. The van der Waals surface area contributed by atoms with Crippen molar-refractivity contribution >= 4 is 5.91 Å². The van der Waals surface area contributed by atoms with Gasteiger partial charge in [-0.3, -0.25) is 4.79 Å². The lowest BCUT2D eigenvalue weighted by Crippen LogP contribution is -2.65. The summed E-state index contributed by atoms with van der Waals surface area (Å²) in [7, 11) is 0. The van der Waals surface area contributed by atoms with Gasteiger partial charge < -0.3 is 9.64 Å². The van der Waals surface area contributed by atoms with Crippen LogP contribution in [-0.4, -0.2) is 55.6 Å². The fourth-order valence-electron chi connectivity index (χ4n) is 5.06. The van der Waals surface area contributed by atoms with Gasteiger partial charge in [0.25, 0.3) is 5.91 Å². The van der Waals surface area contributed by atoms with E-state index >= 15 is 0 Å². The van der Waals surface area contributed by atoms with Crippen molar-refractivity contribution in [3.63, 3.8) is 0 Å². The molecule has 1 saturated carbocycles. The Kier molecular flexibility index (Phi) is 5.36. The molecular formula is C24H26FN5O2. The van der Waals surface area contributed by atoms with Gasteiger partial charge in [0.2, 0.25) is 5.88 Å². The summed E-state index contributed by atoms with van der Waals surface area (Å²) >= 11 is 0. The van der Waals surface area contributed by atoms with Crippen molar-refractivity contribution in [3.8, 4) is 11.6 Å². The number of halogens is 1. The van der Waals surface area contributed by atoms with Gasteiger partial charge in [0.15, 0.2) is 0 Å². The Labute approximate surface area is 186 Å². The van der Waals surface area contributed by atoms with Gasteiger partial charge in [-0.2, -0.15) is 15.0 Å². The summed E-state index contributed by atoms with van der Waals surface area (Å²) in [6.07, 6.45) is 7.09. The van der Waals surface area contributed by atoms with E-state index in [0.29, 0.717) is 17.1 Å². The number of hydrogen-bond acceptors (Lipinski definition) is 5. The first-order valence-electron chi connectivity index (χ1n) is 11.0. The van der Waals surface area contributed by atoms with E-state index in [0.717, 1.165) is 30.4 Å². The van der Waals surface area contributed by atoms with Crippen LogP contribution < -0.4 is 4.74 Å². The van der Waals surface area contributed by atoms with Gasteiger partial charge in [-0.25, -0.2) is 9.37 Å². The lowest BCUT2D eigenvalue weighted by Gasteiger charge is -2.53. The molecule has 1 aromatic carbocycles. The number of ether oxygens (including phenoxy) is 1. The lowest BCUT2D eigenvalue weighted by atomic mass is 9.73. The van der Waals surface area contributed by atoms with Crippen LogP contribution in [0.3, 0.4) is 0 Å². The van der Waals surface area contributed by atoms with Crippen molar-refractivity contribution < 1.29 is 13.9 Å². The van der Waals surface area contributed by atoms with E-state index in [9.17, 15) is 9.18 Å². The second kappa shape index (κ2) is 8.33. The van der Waals surface area contributed by atoms with Crippen LogP contribution in [-0.2, 0) is 0 Å². The molecule has 7 nitrogen and oxygen atoms in total. The topological polar surface area (TPSA) is 73.1 Å². The van der Waals surface area contributed by atoms with Crippen molar-refractivity contribution in [1.29, 1.82) is 0 Å². The maximum absolute atomic E-state index is 14.2. The monoisotopic (exact) mass is 435 g/mol. The molecule has 3 aliphatic rings. The van der Waals surface area contributed by atoms with Crippen LogP contribution in [0.5, 0.6) is 5.88 Å². The maximum Gasteiger partial charge on any atom is 0.256 e. The maximum atomic E-state index is 14.2. The number of carbonyl (C=O) groups is 1. The third kappa shape index (κ3) is 3.63. The van der Waals surface area contributed by atoms with Crippen LogP contribution in [0.25, 0.3) is 5.69 Å². The van der Waals surface area contributed by atoms with Crippen LogP contribution in [0.4, 0.5) is 4.39 Å². The van der Waals surface area contributed by atoms with E-state index in [4.69, 9.17) is 4.74 Å². The highest BCUT2D eigenvalue weighted by Crippen LogP contribution is 2.42. The van der Waals surface area contributed by atoms with E-state index in [1.807, 2.05) is 38.1 Å². The van der Waals surface area contributed by atoms with Gasteiger partial charge in [0.05, 0.1) is 35.7 Å². The van der Waals surface area contributed by atoms with Crippen molar-refractivity contribution in [2.24, 2.45) is 5.92 Å². The van der Waals surface area contributed by atoms with E-state index in [1.54, 1.807) is 29.6 Å². The molecular weight excluding hydrogens is 409 g/mol. The Bertz CT molecular complexity index is 1100. The number of hydrogen-bond donors (Lipinski definition) is 0. The van der Waals surface area contributed by atoms with Crippen molar-refractivity contribution in [1.82, 2.24) is 24.9 Å². The molecule has 0 N–H and O–H groups in total. The number of fused-ring (bicyclic) bond motifs is 3. The summed E-state index contributed by atoms with van der Waals surface area (Å²) in [5.74, 6) is 0.384. The minimum absolute atomic E-state index is 0.0566. The summed E-state index contributed by atoms with van der Waals surface area (Å²) in [5, 5.41) is 8.42. The standard InChI is InChI=1S/C24H26FN5O2/c1-15-3-6-18(20(11-15)30-27-9-10-28-30)24(31)29-19-7-5-17(21(29)13-25)12-22(19)32-23-8-4-16(2)14-26-23/h3-4,6,8-11,14,17,19,21-22H,5,7,12-13H2,1-2H3. The van der Waals surface area contributed by atoms with Crippen LogP contribution >= 0.6 is 0 Å². The average Bonchev–Trinajstić information content (AvgIpc) is 3.35. The molecule has 1 aliphatic carbocycles. The Balaban J connectivity index is 1.49. The molecule has 2 saturated heterocycles. The minimum atomic E-state index is -0.566. The summed E-state index contributed by atoms with van der Waals surface area (Å²) in [6.45, 7) is 3.36. The summed E-state index contributed by atoms with van der Waals surface area (Å²) in [5.41, 5.74) is 3.10. The first-order valence-corrected chi connectivity index (χ1v) is 11.0. The Morgan fingerprint density at radius 1 is 1.12 bits per heavy atom. The molecule has 2 aromatic heterocycles. The number of aromatic nitrogens is 4. The second-order valence-electron chi connectivity index (χ2n) is 8.74. The smallest absolute Gasteiger partial charge is 0.256 e. The van der Waals surface area contributed by atoms with E-state index in [1.165, 1.54) is 4.80 Å². The molecule has 4 atom stereocenters. The lowest BCUT2D eigenvalue weighted by molar-refractivity contribution is -0.0703. The summed E-state index contributed by atoms with van der Waals surface area (Å²) in [4.78, 5) is 21.4. The largest absolute Gasteiger partial charge is 0.472 e. The zero-order valence-electron chi connectivity index (χ0n) is 18.2. The first kappa shape index (κ1) is 20.6. The number of piperidine rings is 2. The molecule has 2 bridgehead atoms. The average molecular weight is 436 g/mol. The molecule has 0 spiro atoms.